The van der Waals surface area contributed by atoms with Gasteiger partial charge in [-0.25, -0.2) is 0 Å². The minimum atomic E-state index is -0.0964. The molecule has 0 aliphatic carbocycles. The van der Waals surface area contributed by atoms with Gasteiger partial charge in [0.05, 0.1) is 7.11 Å². The number of rotatable bonds is 4. The number of ether oxygens (including phenoxy) is 1. The van der Waals surface area contributed by atoms with Gasteiger partial charge in [-0.15, -0.1) is 0 Å². The molecule has 0 saturated heterocycles. The Morgan fingerprint density at radius 2 is 1.67 bits per heavy atom. The van der Waals surface area contributed by atoms with Crippen LogP contribution in [0.15, 0.2) is 30.8 Å². The fourth-order valence-electron chi connectivity index (χ4n) is 2.19. The van der Waals surface area contributed by atoms with Gasteiger partial charge >= 0.3 is 0 Å². The summed E-state index contributed by atoms with van der Waals surface area (Å²) >= 11 is 0. The molecule has 2 aromatic rings. The molecule has 0 aliphatic rings. The lowest BCUT2D eigenvalue weighted by molar-refractivity contribution is 0.112. The number of phenolic OH excluding ortho intramolecular Hbond substituents is 2. The molecule has 2 N–H and O–H groups in total. The Morgan fingerprint density at radius 3 is 2.24 bits per heavy atom. The first-order chi connectivity index (χ1) is 10.0. The lowest BCUT2D eigenvalue weighted by atomic mass is 9.96. The van der Waals surface area contributed by atoms with Crippen LogP contribution in [0.25, 0.3) is 17.2 Å². The van der Waals surface area contributed by atoms with Crippen LogP contribution < -0.4 is 4.74 Å². The van der Waals surface area contributed by atoms with E-state index in [1.54, 1.807) is 31.2 Å². The summed E-state index contributed by atoms with van der Waals surface area (Å²) in [6.45, 7) is 5.38. The third-order valence-electron chi connectivity index (χ3n) is 3.30. The van der Waals surface area contributed by atoms with E-state index in [0.29, 0.717) is 28.5 Å². The molecule has 4 nitrogen and oxygen atoms in total. The van der Waals surface area contributed by atoms with Crippen molar-refractivity contribution in [3.63, 3.8) is 0 Å². The minimum Gasteiger partial charge on any atom is -0.507 e. The third-order valence-corrected chi connectivity index (χ3v) is 3.30. The van der Waals surface area contributed by atoms with Crippen molar-refractivity contribution in [2.24, 2.45) is 0 Å². The summed E-state index contributed by atoms with van der Waals surface area (Å²) < 4.78 is 5.13. The van der Waals surface area contributed by atoms with E-state index in [1.165, 1.54) is 13.2 Å². The highest BCUT2D eigenvalue weighted by atomic mass is 16.5. The van der Waals surface area contributed by atoms with Crippen molar-refractivity contribution in [3.05, 3.63) is 47.5 Å². The van der Waals surface area contributed by atoms with E-state index < -0.39 is 0 Å². The largest absolute Gasteiger partial charge is 0.507 e. The average Bonchev–Trinajstić information content (AvgIpc) is 2.50. The van der Waals surface area contributed by atoms with E-state index in [1.807, 2.05) is 0 Å². The maximum Gasteiger partial charge on any atom is 0.165 e. The molecule has 21 heavy (non-hydrogen) atoms. The van der Waals surface area contributed by atoms with Gasteiger partial charge in [0.2, 0.25) is 0 Å². The average molecular weight is 284 g/mol. The summed E-state index contributed by atoms with van der Waals surface area (Å²) in [6, 6.07) is 6.42. The van der Waals surface area contributed by atoms with Crippen LogP contribution in [0.5, 0.6) is 17.2 Å². The van der Waals surface area contributed by atoms with Gasteiger partial charge in [-0.3, -0.25) is 4.79 Å². The zero-order valence-corrected chi connectivity index (χ0v) is 11.9. The molecule has 0 unspecified atom stereocenters. The van der Waals surface area contributed by atoms with Gasteiger partial charge in [0.25, 0.3) is 0 Å². The van der Waals surface area contributed by atoms with Crippen molar-refractivity contribution in [2.75, 3.05) is 7.11 Å². The summed E-state index contributed by atoms with van der Waals surface area (Å²) in [4.78, 5) is 11.0. The minimum absolute atomic E-state index is 0.0131. The highest BCUT2D eigenvalue weighted by Crippen LogP contribution is 2.43. The smallest absolute Gasteiger partial charge is 0.165 e. The monoisotopic (exact) mass is 284 g/mol. The Kier molecular flexibility index (Phi) is 3.98. The molecule has 0 fully saturated rings. The fraction of sp³-hybridized carbons (Fsp3) is 0.118. The van der Waals surface area contributed by atoms with E-state index in [9.17, 15) is 15.0 Å². The van der Waals surface area contributed by atoms with Crippen LogP contribution in [-0.4, -0.2) is 23.6 Å². The molecule has 0 heterocycles. The molecule has 0 atom stereocenters. The number of hydrogen-bond donors (Lipinski definition) is 2. The van der Waals surface area contributed by atoms with Crippen LogP contribution >= 0.6 is 0 Å². The van der Waals surface area contributed by atoms with Crippen LogP contribution in [0.1, 0.15) is 21.5 Å². The fourth-order valence-corrected chi connectivity index (χ4v) is 2.19. The highest BCUT2D eigenvalue weighted by Gasteiger charge is 2.16. The van der Waals surface area contributed by atoms with Crippen LogP contribution in [0.4, 0.5) is 0 Å². The summed E-state index contributed by atoms with van der Waals surface area (Å²) in [5.74, 6) is 0.191. The molecule has 0 saturated carbocycles. The highest BCUT2D eigenvalue weighted by molar-refractivity contribution is 5.86. The molecule has 0 radical (unpaired) electrons. The molecule has 108 valence electrons. The second-order valence-electron chi connectivity index (χ2n) is 4.68. The molecule has 0 bridgehead atoms. The predicted molar refractivity (Wildman–Crippen MR) is 82.0 cm³/mol. The first kappa shape index (κ1) is 14.7. The first-order valence-electron chi connectivity index (χ1n) is 6.34. The molecular formula is C17H16O4. The number of phenols is 2. The van der Waals surface area contributed by atoms with Gasteiger partial charge in [-0.1, -0.05) is 12.7 Å². The number of aromatic hydroxyl groups is 2. The van der Waals surface area contributed by atoms with Gasteiger partial charge in [0, 0.05) is 16.7 Å². The third kappa shape index (κ3) is 2.60. The summed E-state index contributed by atoms with van der Waals surface area (Å²) in [7, 11) is 1.44. The standard InChI is InChI=1S/C17H16O4/c1-4-11-6-14(17(20)15(8-11)21-3)13-7-12(9-18)5-10(2)16(13)19/h4-9,19-20H,1H2,2-3H3. The van der Waals surface area contributed by atoms with E-state index >= 15 is 0 Å². The number of benzene rings is 2. The summed E-state index contributed by atoms with van der Waals surface area (Å²) in [6.07, 6.45) is 2.31. The van der Waals surface area contributed by atoms with Crippen LogP contribution in [0.2, 0.25) is 0 Å². The van der Waals surface area contributed by atoms with Crippen molar-refractivity contribution in [3.8, 4) is 28.4 Å². The van der Waals surface area contributed by atoms with Crippen LogP contribution in [0, 0.1) is 6.92 Å². The van der Waals surface area contributed by atoms with Crippen molar-refractivity contribution in [1.82, 2.24) is 0 Å². The van der Waals surface area contributed by atoms with Crippen molar-refractivity contribution >= 4 is 12.4 Å². The molecular weight excluding hydrogens is 268 g/mol. The van der Waals surface area contributed by atoms with Crippen molar-refractivity contribution in [1.29, 1.82) is 0 Å². The number of aryl methyl sites for hydroxylation is 1. The Labute approximate surface area is 122 Å². The van der Waals surface area contributed by atoms with E-state index in [0.717, 1.165) is 5.56 Å². The molecule has 0 aromatic heterocycles. The van der Waals surface area contributed by atoms with Crippen molar-refractivity contribution < 1.29 is 19.7 Å². The Balaban J connectivity index is 2.80. The quantitative estimate of drug-likeness (QED) is 0.843. The summed E-state index contributed by atoms with van der Waals surface area (Å²) in [5.41, 5.74) is 2.46. The lowest BCUT2D eigenvalue weighted by Gasteiger charge is -2.14. The molecule has 0 amide bonds. The topological polar surface area (TPSA) is 66.8 Å². The second-order valence-corrected chi connectivity index (χ2v) is 4.68. The van der Waals surface area contributed by atoms with Gasteiger partial charge in [-0.2, -0.15) is 0 Å². The first-order valence-corrected chi connectivity index (χ1v) is 6.34. The maximum absolute atomic E-state index is 11.0. The van der Waals surface area contributed by atoms with Gasteiger partial charge in [-0.05, 0) is 42.3 Å². The molecule has 0 aliphatic heterocycles. The zero-order valence-electron chi connectivity index (χ0n) is 11.9. The van der Waals surface area contributed by atoms with Gasteiger partial charge < -0.3 is 14.9 Å². The second kappa shape index (κ2) is 5.71. The Morgan fingerprint density at radius 1 is 1.05 bits per heavy atom. The summed E-state index contributed by atoms with van der Waals surface area (Å²) in [5, 5.41) is 20.5. The number of hydrogen-bond acceptors (Lipinski definition) is 4. The molecule has 2 rings (SSSR count). The van der Waals surface area contributed by atoms with Crippen LogP contribution in [-0.2, 0) is 0 Å². The maximum atomic E-state index is 11.0. The predicted octanol–water partition coefficient (Wildman–Crippen LogP) is 3.54. The number of methoxy groups -OCH3 is 1. The van der Waals surface area contributed by atoms with Crippen molar-refractivity contribution in [2.45, 2.75) is 6.92 Å². The van der Waals surface area contributed by atoms with Gasteiger partial charge in [0.1, 0.15) is 12.0 Å². The van der Waals surface area contributed by atoms with Crippen LogP contribution in [0.3, 0.4) is 0 Å². The number of carbonyl (C=O) groups excluding carboxylic acids is 1. The van der Waals surface area contributed by atoms with E-state index in [2.05, 4.69) is 6.58 Å². The molecule has 2 aromatic carbocycles. The van der Waals surface area contributed by atoms with E-state index in [4.69, 9.17) is 4.74 Å². The molecule has 0 spiro atoms. The Bertz CT molecular complexity index is 717. The zero-order chi connectivity index (χ0) is 15.6. The molecule has 4 heteroatoms. The Hall–Kier alpha value is -2.75. The number of aldehydes is 1. The van der Waals surface area contributed by atoms with E-state index in [-0.39, 0.29) is 17.2 Å². The number of carbonyl (C=O) groups is 1. The SMILES string of the molecule is C=Cc1cc(OC)c(O)c(-c2cc(C=O)cc(C)c2O)c1. The van der Waals surface area contributed by atoms with Gasteiger partial charge in [0.15, 0.2) is 11.5 Å². The normalized spacial score (nSPS) is 10.2. The lowest BCUT2D eigenvalue weighted by Crippen LogP contribution is -1.92.